The Morgan fingerprint density at radius 2 is 2.05 bits per heavy atom. The second-order valence-corrected chi connectivity index (χ2v) is 5.69. The van der Waals surface area contributed by atoms with Gasteiger partial charge in [-0.1, -0.05) is 20.3 Å². The molecule has 0 bridgehead atoms. The summed E-state index contributed by atoms with van der Waals surface area (Å²) in [6.07, 6.45) is 3.72. The van der Waals surface area contributed by atoms with Crippen molar-refractivity contribution < 1.29 is 4.74 Å². The molecule has 6 heteroatoms. The second kappa shape index (κ2) is 7.56. The van der Waals surface area contributed by atoms with Gasteiger partial charge in [0.25, 0.3) is 0 Å². The molecule has 118 valence electrons. The third kappa shape index (κ3) is 4.04. The number of aromatic nitrogens is 2. The molecule has 0 aromatic carbocycles. The normalized spacial score (nSPS) is 25.0. The first-order chi connectivity index (χ1) is 10.2. The predicted octanol–water partition coefficient (Wildman–Crippen LogP) is 2.54. The lowest BCUT2D eigenvalue weighted by atomic mass is 9.93. The number of nitrogens with two attached hydrogens (primary N) is 1. The Morgan fingerprint density at radius 3 is 2.67 bits per heavy atom. The monoisotopic (exact) mass is 293 g/mol. The minimum absolute atomic E-state index is 0.401. The summed E-state index contributed by atoms with van der Waals surface area (Å²) in [5.41, 5.74) is 2.59. The van der Waals surface area contributed by atoms with Crippen molar-refractivity contribution in [1.29, 1.82) is 0 Å². The van der Waals surface area contributed by atoms with E-state index in [4.69, 9.17) is 10.6 Å². The lowest BCUT2D eigenvalue weighted by molar-refractivity contribution is 0.128. The molecule has 1 saturated carbocycles. The number of nitrogens with zero attached hydrogens (tertiary/aromatic N) is 2. The highest BCUT2D eigenvalue weighted by molar-refractivity contribution is 5.47. The molecule has 2 rings (SSSR count). The van der Waals surface area contributed by atoms with Crippen LogP contribution in [0.15, 0.2) is 6.07 Å². The standard InChI is InChI=1S/C15H27N5O/c1-4-11-6-7-12(10(11)3)17-13-8-14(20-16)19-15(18-13)9-21-5-2/h8,10-12H,4-7,9,16H2,1-3H3,(H2,17,18,19,20). The van der Waals surface area contributed by atoms with Crippen molar-refractivity contribution in [1.82, 2.24) is 9.97 Å². The van der Waals surface area contributed by atoms with Crippen LogP contribution in [0.25, 0.3) is 0 Å². The molecule has 0 saturated heterocycles. The van der Waals surface area contributed by atoms with Gasteiger partial charge in [-0.25, -0.2) is 15.8 Å². The summed E-state index contributed by atoms with van der Waals surface area (Å²) < 4.78 is 5.38. The van der Waals surface area contributed by atoms with Crippen LogP contribution in [0.1, 0.15) is 45.9 Å². The van der Waals surface area contributed by atoms with Gasteiger partial charge in [0.05, 0.1) is 0 Å². The van der Waals surface area contributed by atoms with Crippen molar-refractivity contribution in [3.8, 4) is 0 Å². The van der Waals surface area contributed by atoms with Crippen LogP contribution in [-0.2, 0) is 11.3 Å². The Balaban J connectivity index is 2.08. The molecule has 6 nitrogen and oxygen atoms in total. The van der Waals surface area contributed by atoms with Crippen molar-refractivity contribution in [2.75, 3.05) is 17.3 Å². The van der Waals surface area contributed by atoms with E-state index in [2.05, 4.69) is 34.6 Å². The van der Waals surface area contributed by atoms with Crippen molar-refractivity contribution >= 4 is 11.6 Å². The highest BCUT2D eigenvalue weighted by atomic mass is 16.5. The number of rotatable bonds is 7. The quantitative estimate of drug-likeness (QED) is 0.529. The molecule has 0 spiro atoms. The number of nitrogen functional groups attached to an aromatic ring is 1. The maximum Gasteiger partial charge on any atom is 0.158 e. The molecule has 0 amide bonds. The minimum atomic E-state index is 0.401. The van der Waals surface area contributed by atoms with Gasteiger partial charge in [0.1, 0.15) is 18.2 Å². The highest BCUT2D eigenvalue weighted by Gasteiger charge is 2.31. The zero-order valence-corrected chi connectivity index (χ0v) is 13.2. The Hall–Kier alpha value is -1.40. The molecule has 1 aromatic rings. The molecule has 3 atom stereocenters. The van der Waals surface area contributed by atoms with E-state index < -0.39 is 0 Å². The average Bonchev–Trinajstić information content (AvgIpc) is 2.85. The smallest absolute Gasteiger partial charge is 0.158 e. The van der Waals surface area contributed by atoms with Gasteiger partial charge in [-0.2, -0.15) is 0 Å². The number of ether oxygens (including phenoxy) is 1. The summed E-state index contributed by atoms with van der Waals surface area (Å²) in [7, 11) is 0. The molecule has 4 N–H and O–H groups in total. The van der Waals surface area contributed by atoms with Gasteiger partial charge in [0, 0.05) is 18.7 Å². The van der Waals surface area contributed by atoms with Crippen LogP contribution in [0.3, 0.4) is 0 Å². The van der Waals surface area contributed by atoms with Gasteiger partial charge in [0.15, 0.2) is 5.82 Å². The van der Waals surface area contributed by atoms with Crippen LogP contribution in [0.4, 0.5) is 11.6 Å². The SMILES string of the molecule is CCOCc1nc(NN)cc(NC2CCC(CC)C2C)n1. The van der Waals surface area contributed by atoms with Crippen molar-refractivity contribution in [2.45, 2.75) is 52.7 Å². The molecule has 3 unspecified atom stereocenters. The van der Waals surface area contributed by atoms with Gasteiger partial charge < -0.3 is 15.5 Å². The maximum atomic E-state index is 5.49. The largest absolute Gasteiger partial charge is 0.374 e. The van der Waals surface area contributed by atoms with E-state index in [1.165, 1.54) is 19.3 Å². The molecule has 21 heavy (non-hydrogen) atoms. The molecular weight excluding hydrogens is 266 g/mol. The Labute approximate surface area is 126 Å². The fourth-order valence-corrected chi connectivity index (χ4v) is 3.12. The number of hydrazine groups is 1. The predicted molar refractivity (Wildman–Crippen MR) is 84.8 cm³/mol. The summed E-state index contributed by atoms with van der Waals surface area (Å²) in [6, 6.07) is 2.32. The molecule has 1 aliphatic carbocycles. The molecule has 1 fully saturated rings. The molecule has 1 aromatic heterocycles. The van der Waals surface area contributed by atoms with Gasteiger partial charge in [-0.15, -0.1) is 0 Å². The first-order valence-corrected chi connectivity index (χ1v) is 7.86. The van der Waals surface area contributed by atoms with Crippen molar-refractivity contribution in [2.24, 2.45) is 17.7 Å². The highest BCUT2D eigenvalue weighted by Crippen LogP contribution is 2.35. The number of nitrogens with one attached hydrogen (secondary N) is 2. The molecular formula is C15H27N5O. The van der Waals surface area contributed by atoms with E-state index in [-0.39, 0.29) is 0 Å². The molecule has 0 aliphatic heterocycles. The van der Waals surface area contributed by atoms with Crippen LogP contribution >= 0.6 is 0 Å². The Bertz CT molecular complexity index is 454. The Morgan fingerprint density at radius 1 is 1.29 bits per heavy atom. The molecule has 0 radical (unpaired) electrons. The first-order valence-electron chi connectivity index (χ1n) is 7.86. The first kappa shape index (κ1) is 16.0. The van der Waals surface area contributed by atoms with Gasteiger partial charge >= 0.3 is 0 Å². The van der Waals surface area contributed by atoms with E-state index in [1.807, 2.05) is 13.0 Å². The number of hydrogen-bond acceptors (Lipinski definition) is 6. The maximum absolute atomic E-state index is 5.49. The molecule has 1 aliphatic rings. The van der Waals surface area contributed by atoms with Crippen LogP contribution in [0.5, 0.6) is 0 Å². The fourth-order valence-electron chi connectivity index (χ4n) is 3.12. The Kier molecular flexibility index (Phi) is 5.76. The minimum Gasteiger partial charge on any atom is -0.374 e. The van der Waals surface area contributed by atoms with Gasteiger partial charge in [-0.05, 0) is 31.6 Å². The molecule has 1 heterocycles. The topological polar surface area (TPSA) is 85.1 Å². The summed E-state index contributed by atoms with van der Waals surface area (Å²) >= 11 is 0. The zero-order chi connectivity index (χ0) is 15.2. The van der Waals surface area contributed by atoms with E-state index in [0.717, 1.165) is 11.7 Å². The van der Waals surface area contributed by atoms with E-state index >= 15 is 0 Å². The third-order valence-electron chi connectivity index (χ3n) is 4.44. The second-order valence-electron chi connectivity index (χ2n) is 5.69. The van der Waals surface area contributed by atoms with Crippen LogP contribution in [-0.4, -0.2) is 22.6 Å². The lowest BCUT2D eigenvalue weighted by Gasteiger charge is -2.22. The van der Waals surface area contributed by atoms with Crippen molar-refractivity contribution in [3.05, 3.63) is 11.9 Å². The zero-order valence-electron chi connectivity index (χ0n) is 13.2. The van der Waals surface area contributed by atoms with Crippen LogP contribution < -0.4 is 16.6 Å². The summed E-state index contributed by atoms with van der Waals surface area (Å²) in [4.78, 5) is 8.83. The van der Waals surface area contributed by atoms with E-state index in [1.54, 1.807) is 0 Å². The lowest BCUT2D eigenvalue weighted by Crippen LogP contribution is -2.25. The van der Waals surface area contributed by atoms with Crippen molar-refractivity contribution in [3.63, 3.8) is 0 Å². The summed E-state index contributed by atoms with van der Waals surface area (Å²) in [6.45, 7) is 7.59. The van der Waals surface area contributed by atoms with Gasteiger partial charge in [-0.3, -0.25) is 0 Å². The van der Waals surface area contributed by atoms with E-state index in [9.17, 15) is 0 Å². The van der Waals surface area contributed by atoms with Crippen LogP contribution in [0, 0.1) is 11.8 Å². The fraction of sp³-hybridized carbons (Fsp3) is 0.733. The third-order valence-corrected chi connectivity index (χ3v) is 4.44. The number of hydrogen-bond donors (Lipinski definition) is 3. The summed E-state index contributed by atoms with van der Waals surface area (Å²) in [5.74, 6) is 9.03. The van der Waals surface area contributed by atoms with Crippen LogP contribution in [0.2, 0.25) is 0 Å². The average molecular weight is 293 g/mol. The van der Waals surface area contributed by atoms with Gasteiger partial charge in [0.2, 0.25) is 0 Å². The van der Waals surface area contributed by atoms with E-state index in [0.29, 0.717) is 36.8 Å². The summed E-state index contributed by atoms with van der Waals surface area (Å²) in [5, 5.41) is 3.54. The number of anilines is 2.